The van der Waals surface area contributed by atoms with E-state index in [1.807, 2.05) is 0 Å². The maximum atomic E-state index is 13.1. The number of nitrogens with two attached hydrogens (primary N) is 1. The van der Waals surface area contributed by atoms with Crippen molar-refractivity contribution in [3.8, 4) is 0 Å². The van der Waals surface area contributed by atoms with E-state index in [0.717, 1.165) is 25.3 Å². The third kappa shape index (κ3) is 3.41. The number of nitrogens with one attached hydrogen (secondary N) is 1. The Labute approximate surface area is 123 Å². The molecule has 112 valence electrons. The Kier molecular flexibility index (Phi) is 4.85. The van der Waals surface area contributed by atoms with Gasteiger partial charge in [0.15, 0.2) is 0 Å². The zero-order valence-electron chi connectivity index (χ0n) is 10.9. The molecule has 1 unspecified atom stereocenters. The van der Waals surface area contributed by atoms with Gasteiger partial charge < -0.3 is 5.73 Å². The molecular formula is C12H17ClFN3O2S. The van der Waals surface area contributed by atoms with E-state index >= 15 is 0 Å². The molecule has 1 heterocycles. The Balaban J connectivity index is 2.19. The molecule has 1 aromatic rings. The van der Waals surface area contributed by atoms with Gasteiger partial charge in [-0.15, -0.1) is 0 Å². The normalized spacial score (nSPS) is 20.9. The van der Waals surface area contributed by atoms with Crippen molar-refractivity contribution >= 4 is 27.5 Å². The van der Waals surface area contributed by atoms with Gasteiger partial charge in [0.25, 0.3) is 0 Å². The molecule has 8 heteroatoms. The topological polar surface area (TPSA) is 75.4 Å². The van der Waals surface area contributed by atoms with Crippen LogP contribution < -0.4 is 10.5 Å². The summed E-state index contributed by atoms with van der Waals surface area (Å²) < 4.78 is 41.5. The van der Waals surface area contributed by atoms with Gasteiger partial charge in [-0.2, -0.15) is 12.7 Å². The molecule has 1 atom stereocenters. The summed E-state index contributed by atoms with van der Waals surface area (Å²) in [6, 6.07) is 3.50. The van der Waals surface area contributed by atoms with Crippen molar-refractivity contribution < 1.29 is 12.8 Å². The number of hydrogen-bond acceptors (Lipinski definition) is 3. The largest absolute Gasteiger partial charge is 0.329 e. The van der Waals surface area contributed by atoms with Crippen LogP contribution >= 0.6 is 11.6 Å². The molecule has 0 aromatic heterocycles. The van der Waals surface area contributed by atoms with Crippen molar-refractivity contribution in [1.29, 1.82) is 0 Å². The van der Waals surface area contributed by atoms with Gasteiger partial charge in [0.05, 0.1) is 10.7 Å². The number of nitrogens with zero attached hydrogens (tertiary/aromatic N) is 1. The Morgan fingerprint density at radius 3 is 2.85 bits per heavy atom. The van der Waals surface area contributed by atoms with Crippen molar-refractivity contribution in [2.24, 2.45) is 5.73 Å². The minimum atomic E-state index is -3.71. The molecule has 1 fully saturated rings. The zero-order chi connectivity index (χ0) is 14.8. The first-order valence-electron chi connectivity index (χ1n) is 6.39. The summed E-state index contributed by atoms with van der Waals surface area (Å²) in [6.45, 7) is 0.719. The fourth-order valence-electron chi connectivity index (χ4n) is 2.29. The van der Waals surface area contributed by atoms with Crippen molar-refractivity contribution in [2.45, 2.75) is 25.3 Å². The van der Waals surface area contributed by atoms with Crippen LogP contribution in [0, 0.1) is 5.82 Å². The lowest BCUT2D eigenvalue weighted by Crippen LogP contribution is -2.49. The molecule has 1 aromatic carbocycles. The minimum Gasteiger partial charge on any atom is -0.329 e. The third-order valence-electron chi connectivity index (χ3n) is 3.32. The molecule has 0 saturated carbocycles. The predicted molar refractivity (Wildman–Crippen MR) is 77.4 cm³/mol. The summed E-state index contributed by atoms with van der Waals surface area (Å²) in [7, 11) is -3.71. The molecule has 1 saturated heterocycles. The molecule has 0 radical (unpaired) electrons. The standard InChI is InChI=1S/C12H17ClFN3O2S/c13-11-7-9(4-5-12(11)14)16-20(18,19)17-6-2-1-3-10(17)8-15/h4-5,7,10,16H,1-3,6,8,15H2. The van der Waals surface area contributed by atoms with Gasteiger partial charge in [0, 0.05) is 19.1 Å². The summed E-state index contributed by atoms with van der Waals surface area (Å²) in [5.41, 5.74) is 5.86. The van der Waals surface area contributed by atoms with Crippen LogP contribution in [0.15, 0.2) is 18.2 Å². The molecule has 3 N–H and O–H groups in total. The van der Waals surface area contributed by atoms with Gasteiger partial charge >= 0.3 is 10.2 Å². The van der Waals surface area contributed by atoms with Gasteiger partial charge in [0.2, 0.25) is 0 Å². The molecule has 20 heavy (non-hydrogen) atoms. The maximum absolute atomic E-state index is 13.1. The van der Waals surface area contributed by atoms with Crippen LogP contribution in [0.1, 0.15) is 19.3 Å². The van der Waals surface area contributed by atoms with Gasteiger partial charge in [-0.25, -0.2) is 4.39 Å². The summed E-state index contributed by atoms with van der Waals surface area (Å²) >= 11 is 5.64. The molecule has 0 bridgehead atoms. The van der Waals surface area contributed by atoms with Gasteiger partial charge in [-0.05, 0) is 31.0 Å². The quantitative estimate of drug-likeness (QED) is 0.890. The highest BCUT2D eigenvalue weighted by molar-refractivity contribution is 7.90. The molecule has 0 spiro atoms. The monoisotopic (exact) mass is 321 g/mol. The van der Waals surface area contributed by atoms with Crippen LogP contribution in [-0.4, -0.2) is 31.9 Å². The Morgan fingerprint density at radius 2 is 2.20 bits per heavy atom. The lowest BCUT2D eigenvalue weighted by Gasteiger charge is -2.33. The average molecular weight is 322 g/mol. The summed E-state index contributed by atoms with van der Waals surface area (Å²) in [5, 5.41) is -0.126. The van der Waals surface area contributed by atoms with Crippen LogP contribution in [0.4, 0.5) is 10.1 Å². The first-order chi connectivity index (χ1) is 9.44. The fraction of sp³-hybridized carbons (Fsp3) is 0.500. The highest BCUT2D eigenvalue weighted by atomic mass is 35.5. The number of halogens is 2. The highest BCUT2D eigenvalue weighted by Crippen LogP contribution is 2.24. The SMILES string of the molecule is NCC1CCCCN1S(=O)(=O)Nc1ccc(F)c(Cl)c1. The number of benzene rings is 1. The molecule has 0 amide bonds. The third-order valence-corrected chi connectivity index (χ3v) is 5.20. The number of anilines is 1. The number of rotatable bonds is 4. The van der Waals surface area contributed by atoms with Crippen LogP contribution in [0.2, 0.25) is 5.02 Å². The molecule has 1 aliphatic heterocycles. The minimum absolute atomic E-state index is 0.126. The van der Waals surface area contributed by atoms with Crippen LogP contribution in [0.5, 0.6) is 0 Å². The van der Waals surface area contributed by atoms with Gasteiger partial charge in [-0.1, -0.05) is 18.0 Å². The second-order valence-electron chi connectivity index (χ2n) is 4.73. The van der Waals surface area contributed by atoms with E-state index in [0.29, 0.717) is 6.54 Å². The van der Waals surface area contributed by atoms with E-state index in [2.05, 4.69) is 4.72 Å². The van der Waals surface area contributed by atoms with Crippen molar-refractivity contribution in [2.75, 3.05) is 17.8 Å². The van der Waals surface area contributed by atoms with E-state index in [9.17, 15) is 12.8 Å². The molecule has 5 nitrogen and oxygen atoms in total. The number of hydrogen-bond donors (Lipinski definition) is 2. The number of piperidine rings is 1. The first-order valence-corrected chi connectivity index (χ1v) is 8.20. The zero-order valence-corrected chi connectivity index (χ0v) is 12.4. The molecular weight excluding hydrogens is 305 g/mol. The second kappa shape index (κ2) is 6.26. The van der Waals surface area contributed by atoms with Gasteiger partial charge in [0.1, 0.15) is 5.82 Å². The average Bonchev–Trinajstić information content (AvgIpc) is 2.42. The fourth-order valence-corrected chi connectivity index (χ4v) is 3.97. The van der Waals surface area contributed by atoms with E-state index in [1.165, 1.54) is 16.4 Å². The highest BCUT2D eigenvalue weighted by Gasteiger charge is 2.31. The Morgan fingerprint density at radius 1 is 1.45 bits per heavy atom. The Bertz CT molecular complexity index is 582. The van der Waals surface area contributed by atoms with Crippen molar-refractivity contribution in [3.63, 3.8) is 0 Å². The first kappa shape index (κ1) is 15.5. The van der Waals surface area contributed by atoms with E-state index in [1.54, 1.807) is 0 Å². The van der Waals surface area contributed by atoms with Crippen LogP contribution in [-0.2, 0) is 10.2 Å². The van der Waals surface area contributed by atoms with E-state index < -0.39 is 16.0 Å². The summed E-state index contributed by atoms with van der Waals surface area (Å²) in [4.78, 5) is 0. The predicted octanol–water partition coefficient (Wildman–Crippen LogP) is 1.95. The maximum Gasteiger partial charge on any atom is 0.301 e. The Hall–Kier alpha value is -0.890. The molecule has 1 aliphatic rings. The summed E-state index contributed by atoms with van der Waals surface area (Å²) in [5.74, 6) is -0.590. The lowest BCUT2D eigenvalue weighted by atomic mass is 10.1. The van der Waals surface area contributed by atoms with Crippen LogP contribution in [0.3, 0.4) is 0 Å². The van der Waals surface area contributed by atoms with Gasteiger partial charge in [-0.3, -0.25) is 4.72 Å². The van der Waals surface area contributed by atoms with Crippen molar-refractivity contribution in [3.05, 3.63) is 29.0 Å². The van der Waals surface area contributed by atoms with E-state index in [-0.39, 0.29) is 23.3 Å². The lowest BCUT2D eigenvalue weighted by molar-refractivity contribution is 0.259. The second-order valence-corrected chi connectivity index (χ2v) is 6.76. The van der Waals surface area contributed by atoms with E-state index in [4.69, 9.17) is 17.3 Å². The molecule has 2 rings (SSSR count). The smallest absolute Gasteiger partial charge is 0.301 e. The molecule has 0 aliphatic carbocycles. The van der Waals surface area contributed by atoms with Crippen LogP contribution in [0.25, 0.3) is 0 Å². The van der Waals surface area contributed by atoms with Crippen molar-refractivity contribution in [1.82, 2.24) is 4.31 Å². The summed E-state index contributed by atoms with van der Waals surface area (Å²) in [6.07, 6.45) is 2.53.